The highest BCUT2D eigenvalue weighted by atomic mass is 35.5. The fraction of sp³-hybridized carbons (Fsp3) is 0.136. The Labute approximate surface area is 167 Å². The molecule has 1 N–H and O–H groups in total. The molecule has 0 unspecified atom stereocenters. The molecule has 3 aromatic carbocycles. The number of aromatic amines is 1. The molecule has 0 saturated heterocycles. The first kappa shape index (κ1) is 18.2. The number of rotatable bonds is 5. The van der Waals surface area contributed by atoms with Gasteiger partial charge in [-0.1, -0.05) is 60.1 Å². The van der Waals surface area contributed by atoms with Crippen molar-refractivity contribution in [2.24, 2.45) is 7.05 Å². The first-order chi connectivity index (χ1) is 13.5. The number of H-pyrrole nitrogens is 1. The highest BCUT2D eigenvalue weighted by Crippen LogP contribution is 2.31. The second-order valence-corrected chi connectivity index (χ2v) is 7.06. The molecule has 28 heavy (non-hydrogen) atoms. The predicted octanol–water partition coefficient (Wildman–Crippen LogP) is 4.71. The lowest BCUT2D eigenvalue weighted by atomic mass is 10.1. The zero-order valence-corrected chi connectivity index (χ0v) is 16.4. The Hall–Kier alpha value is -3.18. The zero-order valence-electron chi connectivity index (χ0n) is 15.6. The summed E-state index contributed by atoms with van der Waals surface area (Å²) in [6.07, 6.45) is 0. The summed E-state index contributed by atoms with van der Waals surface area (Å²) in [4.78, 5) is 12.1. The predicted molar refractivity (Wildman–Crippen MR) is 111 cm³/mol. The maximum atomic E-state index is 12.1. The van der Waals surface area contributed by atoms with E-state index in [1.165, 1.54) is 9.36 Å². The van der Waals surface area contributed by atoms with Crippen molar-refractivity contribution >= 4 is 11.6 Å². The van der Waals surface area contributed by atoms with Gasteiger partial charge in [-0.05, 0) is 41.8 Å². The summed E-state index contributed by atoms with van der Waals surface area (Å²) in [6.45, 7) is 2.30. The highest BCUT2D eigenvalue weighted by molar-refractivity contribution is 6.32. The average Bonchev–Trinajstić information content (AvgIpc) is 2.72. The van der Waals surface area contributed by atoms with Gasteiger partial charge in [-0.15, -0.1) is 0 Å². The third kappa shape index (κ3) is 3.37. The Kier molecular flexibility index (Phi) is 4.84. The summed E-state index contributed by atoms with van der Waals surface area (Å²) < 4.78 is 9.01. The Balaban J connectivity index is 1.64. The summed E-state index contributed by atoms with van der Waals surface area (Å²) in [6, 6.07) is 21.6. The molecule has 0 spiro atoms. The van der Waals surface area contributed by atoms with E-state index in [-0.39, 0.29) is 5.69 Å². The van der Waals surface area contributed by atoms with Crippen LogP contribution >= 0.6 is 11.6 Å². The van der Waals surface area contributed by atoms with E-state index in [9.17, 15) is 4.79 Å². The first-order valence-corrected chi connectivity index (χ1v) is 9.33. The number of hydrogen-bond acceptors (Lipinski definition) is 2. The lowest BCUT2D eigenvalue weighted by molar-refractivity contribution is 0.304. The van der Waals surface area contributed by atoms with Crippen LogP contribution in [0.5, 0.6) is 5.75 Å². The summed E-state index contributed by atoms with van der Waals surface area (Å²) in [5, 5.41) is 3.50. The van der Waals surface area contributed by atoms with E-state index in [1.807, 2.05) is 73.7 Å². The summed E-state index contributed by atoms with van der Waals surface area (Å²) >= 11 is 6.36. The Morgan fingerprint density at radius 1 is 1.00 bits per heavy atom. The molecule has 0 bridgehead atoms. The summed E-state index contributed by atoms with van der Waals surface area (Å²) in [5.41, 5.74) is 4.76. The fourth-order valence-corrected chi connectivity index (χ4v) is 3.33. The van der Waals surface area contributed by atoms with Gasteiger partial charge in [-0.25, -0.2) is 14.7 Å². The zero-order chi connectivity index (χ0) is 19.7. The number of nitrogens with zero attached hydrogens (tertiary/aromatic N) is 2. The number of benzene rings is 3. The molecule has 0 aliphatic carbocycles. The molecule has 4 aromatic rings. The highest BCUT2D eigenvalue weighted by Gasteiger charge is 2.14. The molecule has 0 aliphatic heterocycles. The minimum Gasteiger partial charge on any atom is -0.487 e. The molecule has 0 saturated carbocycles. The maximum Gasteiger partial charge on any atom is 0.364 e. The van der Waals surface area contributed by atoms with Crippen LogP contribution in [0, 0.1) is 6.92 Å². The SMILES string of the molecule is Cc1cccc(-n2[nH]n(C)c2=O)c1COc1cc(-c2ccccc2)ccc1Cl. The molecule has 0 fully saturated rings. The number of ether oxygens (including phenoxy) is 1. The van der Waals surface area contributed by atoms with Crippen molar-refractivity contribution in [2.45, 2.75) is 13.5 Å². The second kappa shape index (κ2) is 7.44. The molecule has 142 valence electrons. The normalized spacial score (nSPS) is 11.0. The molecule has 0 amide bonds. The quantitative estimate of drug-likeness (QED) is 0.533. The monoisotopic (exact) mass is 393 g/mol. The van der Waals surface area contributed by atoms with Crippen molar-refractivity contribution in [1.82, 2.24) is 14.6 Å². The van der Waals surface area contributed by atoms with E-state index in [0.29, 0.717) is 17.4 Å². The smallest absolute Gasteiger partial charge is 0.364 e. The molecule has 4 rings (SSSR count). The first-order valence-electron chi connectivity index (χ1n) is 8.95. The van der Waals surface area contributed by atoms with Crippen molar-refractivity contribution in [3.8, 4) is 22.6 Å². The van der Waals surface area contributed by atoms with Gasteiger partial charge in [-0.3, -0.25) is 0 Å². The van der Waals surface area contributed by atoms with E-state index >= 15 is 0 Å². The van der Waals surface area contributed by atoms with E-state index in [4.69, 9.17) is 16.3 Å². The van der Waals surface area contributed by atoms with Crippen LogP contribution in [0.3, 0.4) is 0 Å². The van der Waals surface area contributed by atoms with E-state index in [2.05, 4.69) is 5.21 Å². The lowest BCUT2D eigenvalue weighted by Gasteiger charge is -2.19. The van der Waals surface area contributed by atoms with Crippen molar-refractivity contribution in [2.75, 3.05) is 0 Å². The number of halogens is 1. The van der Waals surface area contributed by atoms with Crippen LogP contribution in [-0.2, 0) is 13.7 Å². The Bertz CT molecular complexity index is 1170. The van der Waals surface area contributed by atoms with Gasteiger partial charge < -0.3 is 4.74 Å². The lowest BCUT2D eigenvalue weighted by Crippen LogP contribution is -2.40. The summed E-state index contributed by atoms with van der Waals surface area (Å²) in [7, 11) is 1.68. The molecule has 1 aromatic heterocycles. The third-order valence-corrected chi connectivity index (χ3v) is 5.08. The van der Waals surface area contributed by atoms with Crippen LogP contribution in [0.1, 0.15) is 11.1 Å². The van der Waals surface area contributed by atoms with Gasteiger partial charge in [-0.2, -0.15) is 4.68 Å². The minimum atomic E-state index is -0.115. The molecule has 0 aliphatic rings. The fourth-order valence-electron chi connectivity index (χ4n) is 3.16. The van der Waals surface area contributed by atoms with E-state index in [1.54, 1.807) is 7.05 Å². The van der Waals surface area contributed by atoms with Gasteiger partial charge in [0.05, 0.1) is 10.7 Å². The third-order valence-electron chi connectivity index (χ3n) is 4.76. The van der Waals surface area contributed by atoms with E-state index in [0.717, 1.165) is 27.9 Å². The van der Waals surface area contributed by atoms with Crippen LogP contribution in [0.15, 0.2) is 71.5 Å². The van der Waals surface area contributed by atoms with Gasteiger partial charge in [0.25, 0.3) is 0 Å². The molecule has 5 nitrogen and oxygen atoms in total. The van der Waals surface area contributed by atoms with Crippen molar-refractivity contribution in [3.05, 3.63) is 93.4 Å². The molecular formula is C22H20ClN3O2. The number of aryl methyl sites for hydroxylation is 2. The van der Waals surface area contributed by atoms with Crippen LogP contribution in [0.2, 0.25) is 5.02 Å². The summed E-state index contributed by atoms with van der Waals surface area (Å²) in [5.74, 6) is 0.609. The Morgan fingerprint density at radius 3 is 2.50 bits per heavy atom. The number of hydrogen-bond donors (Lipinski definition) is 1. The number of aromatic nitrogens is 3. The molecule has 0 radical (unpaired) electrons. The van der Waals surface area contributed by atoms with Crippen molar-refractivity contribution < 1.29 is 4.74 Å². The largest absolute Gasteiger partial charge is 0.487 e. The molecular weight excluding hydrogens is 374 g/mol. The minimum absolute atomic E-state index is 0.115. The maximum absolute atomic E-state index is 12.1. The van der Waals surface area contributed by atoms with Crippen LogP contribution in [-0.4, -0.2) is 14.6 Å². The van der Waals surface area contributed by atoms with Gasteiger partial charge in [0, 0.05) is 12.6 Å². The van der Waals surface area contributed by atoms with Crippen LogP contribution < -0.4 is 10.4 Å². The average molecular weight is 394 g/mol. The van der Waals surface area contributed by atoms with Crippen molar-refractivity contribution in [3.63, 3.8) is 0 Å². The Morgan fingerprint density at radius 2 is 1.79 bits per heavy atom. The van der Waals surface area contributed by atoms with Crippen molar-refractivity contribution in [1.29, 1.82) is 0 Å². The molecule has 6 heteroatoms. The van der Waals surface area contributed by atoms with E-state index < -0.39 is 0 Å². The second-order valence-electron chi connectivity index (χ2n) is 6.65. The standard InChI is InChI=1S/C22H20ClN3O2/c1-15-7-6-10-20(26-22(27)25(2)24-26)18(15)14-28-21-13-17(11-12-19(21)23)16-8-4-3-5-9-16/h3-13,24H,14H2,1-2H3. The van der Waals surface area contributed by atoms with Gasteiger partial charge in [0.15, 0.2) is 0 Å². The van der Waals surface area contributed by atoms with Crippen LogP contribution in [0.25, 0.3) is 16.8 Å². The molecule has 1 heterocycles. The molecule has 0 atom stereocenters. The van der Waals surface area contributed by atoms with Crippen LogP contribution in [0.4, 0.5) is 0 Å². The van der Waals surface area contributed by atoms with Gasteiger partial charge in [0.2, 0.25) is 0 Å². The van der Waals surface area contributed by atoms with Gasteiger partial charge >= 0.3 is 5.69 Å². The topological polar surface area (TPSA) is 52.0 Å². The number of nitrogens with one attached hydrogen (secondary N) is 1. The van der Waals surface area contributed by atoms with Gasteiger partial charge in [0.1, 0.15) is 12.4 Å².